The topological polar surface area (TPSA) is 46.3 Å². The minimum atomic E-state index is -0.00516. The van der Waals surface area contributed by atoms with Crippen LogP contribution in [0.3, 0.4) is 0 Å². The molecule has 1 saturated heterocycles. The first-order valence-electron chi connectivity index (χ1n) is 5.74. The minimum Gasteiger partial charge on any atom is -0.342 e. The Labute approximate surface area is 86.6 Å². The molecule has 1 atom stereocenters. The van der Waals surface area contributed by atoms with Crippen LogP contribution in [0.5, 0.6) is 0 Å². The van der Waals surface area contributed by atoms with Crippen molar-refractivity contribution in [2.24, 2.45) is 11.7 Å². The van der Waals surface area contributed by atoms with Gasteiger partial charge in [0, 0.05) is 25.6 Å². The summed E-state index contributed by atoms with van der Waals surface area (Å²) in [4.78, 5) is 13.8. The van der Waals surface area contributed by atoms with E-state index in [0.29, 0.717) is 6.54 Å². The zero-order valence-electron chi connectivity index (χ0n) is 9.17. The number of amides is 1. The van der Waals surface area contributed by atoms with Gasteiger partial charge >= 0.3 is 0 Å². The first-order chi connectivity index (χ1) is 6.75. The van der Waals surface area contributed by atoms with Crippen molar-refractivity contribution in [3.63, 3.8) is 0 Å². The van der Waals surface area contributed by atoms with Gasteiger partial charge in [-0.05, 0) is 12.8 Å². The van der Waals surface area contributed by atoms with E-state index in [0.717, 1.165) is 25.9 Å². The van der Waals surface area contributed by atoms with Gasteiger partial charge in [-0.1, -0.05) is 26.2 Å². The molecule has 1 rings (SSSR count). The summed E-state index contributed by atoms with van der Waals surface area (Å²) in [5, 5.41) is 0. The lowest BCUT2D eigenvalue weighted by Crippen LogP contribution is -2.39. The van der Waals surface area contributed by atoms with Gasteiger partial charge in [0.25, 0.3) is 0 Å². The normalized spacial score (nSPS) is 21.1. The average molecular weight is 198 g/mol. The smallest absolute Gasteiger partial charge is 0.226 e. The molecule has 1 amide bonds. The lowest BCUT2D eigenvalue weighted by atomic mass is 10.1. The van der Waals surface area contributed by atoms with Gasteiger partial charge in [-0.3, -0.25) is 4.79 Å². The highest BCUT2D eigenvalue weighted by molar-refractivity contribution is 5.78. The first-order valence-corrected chi connectivity index (χ1v) is 5.74. The highest BCUT2D eigenvalue weighted by Crippen LogP contribution is 2.12. The molecule has 0 aromatic heterocycles. The van der Waals surface area contributed by atoms with E-state index in [4.69, 9.17) is 5.73 Å². The van der Waals surface area contributed by atoms with E-state index in [1.807, 2.05) is 11.8 Å². The molecule has 2 N–H and O–H groups in total. The van der Waals surface area contributed by atoms with Crippen molar-refractivity contribution < 1.29 is 4.79 Å². The molecule has 1 aliphatic heterocycles. The van der Waals surface area contributed by atoms with E-state index in [1.165, 1.54) is 19.3 Å². The maximum absolute atomic E-state index is 11.8. The zero-order chi connectivity index (χ0) is 10.4. The van der Waals surface area contributed by atoms with Gasteiger partial charge in [-0.2, -0.15) is 0 Å². The van der Waals surface area contributed by atoms with Crippen LogP contribution in [0.1, 0.15) is 39.0 Å². The van der Waals surface area contributed by atoms with E-state index >= 15 is 0 Å². The molecule has 0 radical (unpaired) electrons. The van der Waals surface area contributed by atoms with E-state index in [-0.39, 0.29) is 11.8 Å². The van der Waals surface area contributed by atoms with Crippen LogP contribution in [0.25, 0.3) is 0 Å². The number of carbonyl (C=O) groups is 1. The molecule has 0 aromatic carbocycles. The van der Waals surface area contributed by atoms with E-state index in [1.54, 1.807) is 0 Å². The Bertz CT molecular complexity index is 174. The number of carbonyl (C=O) groups excluding carboxylic acids is 1. The molecule has 82 valence electrons. The molecule has 1 fully saturated rings. The standard InChI is InChI=1S/C11H22N2O/c1-10(9-12)11(14)13-7-5-3-2-4-6-8-13/h10H,2-9,12H2,1H3. The summed E-state index contributed by atoms with van der Waals surface area (Å²) in [6, 6.07) is 0. The molecular formula is C11H22N2O. The molecule has 1 aliphatic rings. The fourth-order valence-electron chi connectivity index (χ4n) is 1.88. The fraction of sp³-hybridized carbons (Fsp3) is 0.909. The molecule has 1 heterocycles. The van der Waals surface area contributed by atoms with E-state index < -0.39 is 0 Å². The van der Waals surface area contributed by atoms with Gasteiger partial charge in [0.05, 0.1) is 0 Å². The summed E-state index contributed by atoms with van der Waals surface area (Å²) >= 11 is 0. The average Bonchev–Trinajstić information content (AvgIpc) is 2.15. The van der Waals surface area contributed by atoms with Gasteiger partial charge in [-0.25, -0.2) is 0 Å². The van der Waals surface area contributed by atoms with Crippen LogP contribution in [0.2, 0.25) is 0 Å². The van der Waals surface area contributed by atoms with Gasteiger partial charge in [0.15, 0.2) is 0 Å². The third-order valence-electron chi connectivity index (χ3n) is 2.94. The number of nitrogens with zero attached hydrogens (tertiary/aromatic N) is 1. The van der Waals surface area contributed by atoms with Crippen LogP contribution in [0.4, 0.5) is 0 Å². The van der Waals surface area contributed by atoms with Gasteiger partial charge in [-0.15, -0.1) is 0 Å². The Hall–Kier alpha value is -0.570. The SMILES string of the molecule is CC(CN)C(=O)N1CCCCCCC1. The van der Waals surface area contributed by atoms with Gasteiger partial charge in [0.2, 0.25) is 5.91 Å². The van der Waals surface area contributed by atoms with Crippen molar-refractivity contribution in [1.29, 1.82) is 0 Å². The predicted octanol–water partition coefficient (Wildman–Crippen LogP) is 1.37. The van der Waals surface area contributed by atoms with Crippen molar-refractivity contribution in [1.82, 2.24) is 4.90 Å². The third-order valence-corrected chi connectivity index (χ3v) is 2.94. The quantitative estimate of drug-likeness (QED) is 0.728. The Morgan fingerprint density at radius 2 is 1.71 bits per heavy atom. The maximum atomic E-state index is 11.8. The summed E-state index contributed by atoms with van der Waals surface area (Å²) in [6.07, 6.45) is 6.17. The second kappa shape index (κ2) is 6.02. The highest BCUT2D eigenvalue weighted by atomic mass is 16.2. The largest absolute Gasteiger partial charge is 0.342 e. The van der Waals surface area contributed by atoms with Gasteiger partial charge in [0.1, 0.15) is 0 Å². The maximum Gasteiger partial charge on any atom is 0.226 e. The molecule has 14 heavy (non-hydrogen) atoms. The number of hydrogen-bond acceptors (Lipinski definition) is 2. The van der Waals surface area contributed by atoms with Crippen molar-refractivity contribution >= 4 is 5.91 Å². The van der Waals surface area contributed by atoms with Crippen LogP contribution in [-0.4, -0.2) is 30.4 Å². The van der Waals surface area contributed by atoms with Crippen molar-refractivity contribution in [3.05, 3.63) is 0 Å². The third kappa shape index (κ3) is 3.29. The fourth-order valence-corrected chi connectivity index (χ4v) is 1.88. The molecule has 3 nitrogen and oxygen atoms in total. The second-order valence-corrected chi connectivity index (χ2v) is 4.23. The van der Waals surface area contributed by atoms with Crippen LogP contribution in [0.15, 0.2) is 0 Å². The van der Waals surface area contributed by atoms with Gasteiger partial charge < -0.3 is 10.6 Å². The molecule has 0 saturated carbocycles. The number of hydrogen-bond donors (Lipinski definition) is 1. The van der Waals surface area contributed by atoms with Crippen LogP contribution < -0.4 is 5.73 Å². The lowest BCUT2D eigenvalue weighted by Gasteiger charge is -2.27. The molecule has 0 spiro atoms. The Morgan fingerprint density at radius 1 is 1.21 bits per heavy atom. The van der Waals surface area contributed by atoms with Crippen LogP contribution in [0, 0.1) is 5.92 Å². The van der Waals surface area contributed by atoms with Crippen molar-refractivity contribution in [2.75, 3.05) is 19.6 Å². The highest BCUT2D eigenvalue weighted by Gasteiger charge is 2.19. The second-order valence-electron chi connectivity index (χ2n) is 4.23. The zero-order valence-corrected chi connectivity index (χ0v) is 9.17. The lowest BCUT2D eigenvalue weighted by molar-refractivity contribution is -0.135. The first kappa shape index (κ1) is 11.5. The molecular weight excluding hydrogens is 176 g/mol. The van der Waals surface area contributed by atoms with Crippen LogP contribution >= 0.6 is 0 Å². The van der Waals surface area contributed by atoms with Crippen molar-refractivity contribution in [2.45, 2.75) is 39.0 Å². The molecule has 1 unspecified atom stereocenters. The number of nitrogens with two attached hydrogens (primary N) is 1. The summed E-state index contributed by atoms with van der Waals surface area (Å²) in [5.41, 5.74) is 5.50. The Balaban J connectivity index is 2.42. The van der Waals surface area contributed by atoms with Crippen molar-refractivity contribution in [3.8, 4) is 0 Å². The number of likely N-dealkylation sites (tertiary alicyclic amines) is 1. The summed E-state index contributed by atoms with van der Waals surface area (Å²) in [6.45, 7) is 4.25. The Kier molecular flexibility index (Phi) is 4.94. The predicted molar refractivity (Wildman–Crippen MR) is 57.9 cm³/mol. The Morgan fingerprint density at radius 3 is 2.21 bits per heavy atom. The molecule has 0 aliphatic carbocycles. The summed E-state index contributed by atoms with van der Waals surface area (Å²) in [7, 11) is 0. The molecule has 0 bridgehead atoms. The summed E-state index contributed by atoms with van der Waals surface area (Å²) in [5.74, 6) is 0.240. The summed E-state index contributed by atoms with van der Waals surface area (Å²) < 4.78 is 0. The van der Waals surface area contributed by atoms with E-state index in [9.17, 15) is 4.79 Å². The molecule has 3 heteroatoms. The molecule has 0 aromatic rings. The monoisotopic (exact) mass is 198 g/mol. The van der Waals surface area contributed by atoms with Crippen LogP contribution in [-0.2, 0) is 4.79 Å². The number of rotatable bonds is 2. The minimum absolute atomic E-state index is 0.00516. The van der Waals surface area contributed by atoms with E-state index in [2.05, 4.69) is 0 Å².